The third kappa shape index (κ3) is 2.01. The van der Waals surface area contributed by atoms with Crippen LogP contribution in [-0.4, -0.2) is 11.2 Å². The van der Waals surface area contributed by atoms with Crippen LogP contribution in [0.1, 0.15) is 5.69 Å². The Bertz CT molecular complexity index is 1000. The van der Waals surface area contributed by atoms with Gasteiger partial charge in [-0.3, -0.25) is 4.98 Å². The zero-order valence-electron chi connectivity index (χ0n) is 11.3. The van der Waals surface area contributed by atoms with Crippen molar-refractivity contribution in [2.24, 2.45) is 0 Å². The van der Waals surface area contributed by atoms with Crippen molar-refractivity contribution in [3.63, 3.8) is 0 Å². The summed E-state index contributed by atoms with van der Waals surface area (Å²) in [7, 11) is 0. The fourth-order valence-electron chi connectivity index (χ4n) is 2.86. The van der Waals surface area contributed by atoms with E-state index < -0.39 is 12.6 Å². The van der Waals surface area contributed by atoms with Crippen molar-refractivity contribution in [1.82, 2.24) is 4.98 Å². The minimum atomic E-state index is -4.30. The molecule has 0 fully saturated rings. The van der Waals surface area contributed by atoms with Crippen LogP contribution in [0, 0.1) is 0 Å². The van der Waals surface area contributed by atoms with Crippen LogP contribution in [0.15, 0.2) is 53.1 Å². The largest absolute Gasteiger partial charge is 0.464 e. The van der Waals surface area contributed by atoms with Gasteiger partial charge < -0.3 is 4.42 Å². The first-order valence-corrected chi connectivity index (χ1v) is 6.77. The van der Waals surface area contributed by atoms with Crippen molar-refractivity contribution < 1.29 is 17.6 Å². The molecule has 0 amide bonds. The number of pyridine rings is 1. The average Bonchev–Trinajstić information content (AvgIpc) is 2.95. The van der Waals surface area contributed by atoms with Crippen molar-refractivity contribution in [1.29, 1.82) is 0 Å². The van der Waals surface area contributed by atoms with Crippen molar-refractivity contribution >= 4 is 32.6 Å². The number of hydrogen-bond acceptors (Lipinski definition) is 2. The van der Waals surface area contributed by atoms with E-state index in [9.17, 15) is 13.2 Å². The first-order valence-electron chi connectivity index (χ1n) is 6.77. The molecule has 0 N–H and O–H groups in total. The standard InChI is InChI=1S/C17H10F3NO/c18-17(19,20)9-14-11-4-2-1-3-10(11)12-5-6-15-13(7-8-22-15)16(12)21-14/h1-8H,9H2. The molecular weight excluding hydrogens is 291 g/mol. The molecule has 0 spiro atoms. The molecule has 4 rings (SSSR count). The number of furan rings is 1. The smallest absolute Gasteiger partial charge is 0.394 e. The van der Waals surface area contributed by atoms with Gasteiger partial charge in [0, 0.05) is 16.2 Å². The summed E-state index contributed by atoms with van der Waals surface area (Å²) in [5, 5.41) is 2.87. The summed E-state index contributed by atoms with van der Waals surface area (Å²) < 4.78 is 43.9. The Morgan fingerprint density at radius 3 is 2.41 bits per heavy atom. The molecule has 0 aliphatic heterocycles. The van der Waals surface area contributed by atoms with Gasteiger partial charge in [-0.05, 0) is 23.6 Å². The van der Waals surface area contributed by atoms with Gasteiger partial charge in [-0.25, -0.2) is 0 Å². The van der Waals surface area contributed by atoms with Crippen molar-refractivity contribution in [2.45, 2.75) is 12.6 Å². The fourth-order valence-corrected chi connectivity index (χ4v) is 2.86. The number of hydrogen-bond donors (Lipinski definition) is 0. The number of alkyl halides is 3. The van der Waals surface area contributed by atoms with E-state index in [2.05, 4.69) is 4.98 Å². The van der Waals surface area contributed by atoms with E-state index in [1.54, 1.807) is 18.2 Å². The predicted octanol–water partition coefficient (Wildman–Crippen LogP) is 5.24. The molecule has 2 nitrogen and oxygen atoms in total. The summed E-state index contributed by atoms with van der Waals surface area (Å²) in [6.07, 6.45) is -3.82. The number of benzene rings is 2. The summed E-state index contributed by atoms with van der Waals surface area (Å²) in [5.41, 5.74) is 1.21. The highest BCUT2D eigenvalue weighted by atomic mass is 19.4. The molecule has 0 aliphatic rings. The van der Waals surface area contributed by atoms with Gasteiger partial charge in [0.1, 0.15) is 5.58 Å². The van der Waals surface area contributed by atoms with Crippen LogP contribution in [0.4, 0.5) is 13.2 Å². The van der Waals surface area contributed by atoms with Crippen LogP contribution >= 0.6 is 0 Å². The Morgan fingerprint density at radius 2 is 1.64 bits per heavy atom. The van der Waals surface area contributed by atoms with Crippen LogP contribution in [0.25, 0.3) is 32.6 Å². The van der Waals surface area contributed by atoms with Crippen molar-refractivity contribution in [3.05, 3.63) is 54.4 Å². The SMILES string of the molecule is FC(F)(F)Cc1nc2c3ccoc3ccc2c2ccccc12. The molecule has 2 heterocycles. The van der Waals surface area contributed by atoms with Crippen molar-refractivity contribution in [2.75, 3.05) is 0 Å². The van der Waals surface area contributed by atoms with Gasteiger partial charge >= 0.3 is 6.18 Å². The highest BCUT2D eigenvalue weighted by molar-refractivity contribution is 6.14. The van der Waals surface area contributed by atoms with E-state index in [1.165, 1.54) is 6.26 Å². The van der Waals surface area contributed by atoms with Gasteiger partial charge in [0.15, 0.2) is 0 Å². The Labute approximate surface area is 123 Å². The van der Waals surface area contributed by atoms with Crippen LogP contribution in [0.2, 0.25) is 0 Å². The van der Waals surface area contributed by atoms with Gasteiger partial charge in [0.2, 0.25) is 0 Å². The molecule has 4 aromatic rings. The van der Waals surface area contributed by atoms with Crippen molar-refractivity contribution in [3.8, 4) is 0 Å². The fraction of sp³-hybridized carbons (Fsp3) is 0.118. The molecule has 0 saturated heterocycles. The number of aromatic nitrogens is 1. The second-order valence-electron chi connectivity index (χ2n) is 5.19. The highest BCUT2D eigenvalue weighted by Crippen LogP contribution is 2.33. The van der Waals surface area contributed by atoms with Gasteiger partial charge in [0.05, 0.1) is 23.9 Å². The van der Waals surface area contributed by atoms with Gasteiger partial charge in [-0.2, -0.15) is 13.2 Å². The number of rotatable bonds is 1. The zero-order valence-corrected chi connectivity index (χ0v) is 11.3. The molecule has 2 aromatic carbocycles. The monoisotopic (exact) mass is 301 g/mol. The van der Waals surface area contributed by atoms with Gasteiger partial charge in [-0.15, -0.1) is 0 Å². The Hall–Kier alpha value is -2.56. The maximum atomic E-state index is 12.9. The third-order valence-corrected chi connectivity index (χ3v) is 3.75. The van der Waals surface area contributed by atoms with E-state index in [0.29, 0.717) is 16.5 Å². The zero-order chi connectivity index (χ0) is 15.3. The van der Waals surface area contributed by atoms with Gasteiger partial charge in [-0.1, -0.05) is 24.3 Å². The summed E-state index contributed by atoms with van der Waals surface area (Å²) in [6, 6.07) is 12.4. The summed E-state index contributed by atoms with van der Waals surface area (Å²) in [6.45, 7) is 0. The minimum Gasteiger partial charge on any atom is -0.464 e. The normalized spacial score (nSPS) is 12.5. The third-order valence-electron chi connectivity index (χ3n) is 3.75. The molecule has 0 bridgehead atoms. The van der Waals surface area contributed by atoms with E-state index in [0.717, 1.165) is 16.2 Å². The first-order chi connectivity index (χ1) is 10.5. The van der Waals surface area contributed by atoms with Gasteiger partial charge in [0.25, 0.3) is 0 Å². The molecule has 110 valence electrons. The topological polar surface area (TPSA) is 26.0 Å². The van der Waals surface area contributed by atoms with Crippen LogP contribution < -0.4 is 0 Å². The quantitative estimate of drug-likeness (QED) is 0.449. The number of fused-ring (bicyclic) bond motifs is 5. The lowest BCUT2D eigenvalue weighted by Gasteiger charge is -2.12. The Balaban J connectivity index is 2.16. The van der Waals surface area contributed by atoms with E-state index in [4.69, 9.17) is 4.42 Å². The van der Waals surface area contributed by atoms with Crippen LogP contribution in [-0.2, 0) is 6.42 Å². The van der Waals surface area contributed by atoms with Crippen LogP contribution in [0.5, 0.6) is 0 Å². The first kappa shape index (κ1) is 13.1. The second kappa shape index (κ2) is 4.47. The molecule has 0 radical (unpaired) electrons. The average molecular weight is 301 g/mol. The molecular formula is C17H10F3NO. The molecule has 0 aliphatic carbocycles. The second-order valence-corrected chi connectivity index (χ2v) is 5.19. The van der Waals surface area contributed by atoms with E-state index in [-0.39, 0.29) is 5.69 Å². The Kier molecular flexibility index (Phi) is 2.66. The van der Waals surface area contributed by atoms with Crippen LogP contribution in [0.3, 0.4) is 0 Å². The predicted molar refractivity (Wildman–Crippen MR) is 78.8 cm³/mol. The lowest BCUT2D eigenvalue weighted by atomic mass is 10.0. The summed E-state index contributed by atoms with van der Waals surface area (Å²) in [5.74, 6) is 0. The lowest BCUT2D eigenvalue weighted by Crippen LogP contribution is -2.13. The summed E-state index contributed by atoms with van der Waals surface area (Å²) >= 11 is 0. The van der Waals surface area contributed by atoms with E-state index >= 15 is 0 Å². The molecule has 22 heavy (non-hydrogen) atoms. The minimum absolute atomic E-state index is 0.0456. The number of nitrogens with zero attached hydrogens (tertiary/aromatic N) is 1. The Morgan fingerprint density at radius 1 is 0.864 bits per heavy atom. The maximum Gasteiger partial charge on any atom is 0.394 e. The summed E-state index contributed by atoms with van der Waals surface area (Å²) in [4.78, 5) is 4.31. The van der Waals surface area contributed by atoms with E-state index in [1.807, 2.05) is 24.3 Å². The maximum absolute atomic E-state index is 12.9. The molecule has 5 heteroatoms. The highest BCUT2D eigenvalue weighted by Gasteiger charge is 2.30. The molecule has 0 unspecified atom stereocenters. The molecule has 0 atom stereocenters. The lowest BCUT2D eigenvalue weighted by molar-refractivity contribution is -0.127. The molecule has 0 saturated carbocycles. The molecule has 2 aromatic heterocycles. The number of halogens is 3.